The van der Waals surface area contributed by atoms with Crippen LogP contribution in [0.2, 0.25) is 0 Å². The van der Waals surface area contributed by atoms with E-state index in [1.807, 2.05) is 0 Å². The van der Waals surface area contributed by atoms with Crippen LogP contribution in [-0.4, -0.2) is 50.5 Å². The lowest BCUT2D eigenvalue weighted by atomic mass is 9.93. The van der Waals surface area contributed by atoms with Crippen LogP contribution in [0.4, 0.5) is 0 Å². The van der Waals surface area contributed by atoms with Crippen molar-refractivity contribution in [3.05, 3.63) is 0 Å². The highest BCUT2D eigenvalue weighted by Crippen LogP contribution is 2.12. The molecule has 6 heteroatoms. The normalized spacial score (nSPS) is 18.0. The smallest absolute Gasteiger partial charge is 0.346 e. The lowest BCUT2D eigenvalue weighted by Gasteiger charge is -2.24. The Balaban J connectivity index is 4.87. The van der Waals surface area contributed by atoms with Crippen molar-refractivity contribution in [2.45, 2.75) is 18.6 Å². The third-order valence-corrected chi connectivity index (χ3v) is 1.52. The number of Topliss-reactive ketones (excluding diaryl/α,β-unsaturated/α-hetero) is 1. The summed E-state index contributed by atoms with van der Waals surface area (Å²) >= 11 is 0. The summed E-state index contributed by atoms with van der Waals surface area (Å²) in [6.07, 6.45) is -2.01. The number of aliphatic hydroxyl groups is 3. The zero-order valence-corrected chi connectivity index (χ0v) is 6.39. The SMILES string of the molecule is CC(=O)C(O)(C(=O)O)C(O)CO. The molecule has 0 aromatic heterocycles. The number of aliphatic carboxylic acids is 1. The summed E-state index contributed by atoms with van der Waals surface area (Å²) in [5.74, 6) is -3.01. The van der Waals surface area contributed by atoms with Crippen molar-refractivity contribution >= 4 is 11.8 Å². The standard InChI is InChI=1S/C6H10O6/c1-3(8)6(12,5(10)11)4(9)2-7/h4,7,9,12H,2H2,1H3,(H,10,11). The van der Waals surface area contributed by atoms with Crippen LogP contribution in [0.15, 0.2) is 0 Å². The molecule has 0 aromatic rings. The van der Waals surface area contributed by atoms with Crippen molar-refractivity contribution < 1.29 is 30.0 Å². The summed E-state index contributed by atoms with van der Waals surface area (Å²) < 4.78 is 0. The van der Waals surface area contributed by atoms with E-state index in [4.69, 9.17) is 20.4 Å². The number of carboxylic acid groups (broad SMARTS) is 1. The van der Waals surface area contributed by atoms with Gasteiger partial charge in [-0.1, -0.05) is 0 Å². The molecule has 12 heavy (non-hydrogen) atoms. The Morgan fingerprint density at radius 2 is 1.92 bits per heavy atom. The minimum atomic E-state index is -2.91. The summed E-state index contributed by atoms with van der Waals surface area (Å²) in [4.78, 5) is 20.9. The first kappa shape index (κ1) is 11.0. The van der Waals surface area contributed by atoms with Crippen LogP contribution in [0.1, 0.15) is 6.92 Å². The zero-order chi connectivity index (χ0) is 9.94. The van der Waals surface area contributed by atoms with E-state index in [9.17, 15) is 9.59 Å². The molecular formula is C6H10O6. The third-order valence-electron chi connectivity index (χ3n) is 1.52. The number of carbonyl (C=O) groups excluding carboxylic acids is 1. The highest BCUT2D eigenvalue weighted by atomic mass is 16.4. The molecular weight excluding hydrogens is 168 g/mol. The molecule has 0 aromatic carbocycles. The number of aliphatic hydroxyl groups excluding tert-OH is 2. The molecule has 0 aliphatic carbocycles. The summed E-state index contributed by atoms with van der Waals surface area (Å²) in [5, 5.41) is 34.6. The van der Waals surface area contributed by atoms with Gasteiger partial charge in [0.15, 0.2) is 5.78 Å². The van der Waals surface area contributed by atoms with E-state index in [2.05, 4.69) is 0 Å². The first-order valence-corrected chi connectivity index (χ1v) is 3.13. The van der Waals surface area contributed by atoms with Gasteiger partial charge < -0.3 is 20.4 Å². The molecule has 4 N–H and O–H groups in total. The third kappa shape index (κ3) is 1.60. The Bertz CT molecular complexity index is 184. The number of hydrogen-bond donors (Lipinski definition) is 4. The maximum Gasteiger partial charge on any atom is 0.346 e. The summed E-state index contributed by atoms with van der Waals surface area (Å²) in [7, 11) is 0. The van der Waals surface area contributed by atoms with Crippen LogP contribution < -0.4 is 0 Å². The van der Waals surface area contributed by atoms with Crippen LogP contribution in [0.5, 0.6) is 0 Å². The molecule has 0 aliphatic rings. The van der Waals surface area contributed by atoms with Gasteiger partial charge in [0, 0.05) is 0 Å². The second-order valence-electron chi connectivity index (χ2n) is 2.33. The number of carboxylic acids is 1. The molecule has 0 radical (unpaired) electrons. The minimum Gasteiger partial charge on any atom is -0.479 e. The van der Waals surface area contributed by atoms with Gasteiger partial charge in [0.1, 0.15) is 6.10 Å². The Morgan fingerprint density at radius 3 is 2.00 bits per heavy atom. The van der Waals surface area contributed by atoms with E-state index in [-0.39, 0.29) is 0 Å². The second-order valence-corrected chi connectivity index (χ2v) is 2.33. The maximum atomic E-state index is 10.6. The van der Waals surface area contributed by atoms with E-state index in [0.717, 1.165) is 6.92 Å². The number of ketones is 1. The first-order chi connectivity index (χ1) is 5.37. The molecule has 0 aliphatic heterocycles. The first-order valence-electron chi connectivity index (χ1n) is 3.13. The largest absolute Gasteiger partial charge is 0.479 e. The van der Waals surface area contributed by atoms with Crippen molar-refractivity contribution in [1.82, 2.24) is 0 Å². The van der Waals surface area contributed by atoms with Crippen molar-refractivity contribution in [2.75, 3.05) is 6.61 Å². The molecule has 0 spiro atoms. The fraction of sp³-hybridized carbons (Fsp3) is 0.667. The Hall–Kier alpha value is -0.980. The highest BCUT2D eigenvalue weighted by molar-refractivity contribution is 6.05. The van der Waals surface area contributed by atoms with Gasteiger partial charge in [0.05, 0.1) is 6.61 Å². The average Bonchev–Trinajstić information content (AvgIpc) is 2.00. The molecule has 0 fully saturated rings. The minimum absolute atomic E-state index is 0.812. The van der Waals surface area contributed by atoms with Gasteiger partial charge in [-0.05, 0) is 6.92 Å². The van der Waals surface area contributed by atoms with Gasteiger partial charge in [0.25, 0.3) is 0 Å². The monoisotopic (exact) mass is 178 g/mol. The predicted molar refractivity (Wildman–Crippen MR) is 36.4 cm³/mol. The van der Waals surface area contributed by atoms with E-state index in [1.54, 1.807) is 0 Å². The number of rotatable bonds is 4. The Morgan fingerprint density at radius 1 is 1.50 bits per heavy atom. The van der Waals surface area contributed by atoms with Crippen LogP contribution in [-0.2, 0) is 9.59 Å². The Kier molecular flexibility index (Phi) is 3.32. The Labute approximate surface area is 68.1 Å². The quantitative estimate of drug-likeness (QED) is 0.361. The lowest BCUT2D eigenvalue weighted by molar-refractivity contribution is -0.179. The topological polar surface area (TPSA) is 115 Å². The van der Waals surface area contributed by atoms with Crippen LogP contribution in [0.25, 0.3) is 0 Å². The molecule has 2 unspecified atom stereocenters. The molecule has 0 amide bonds. The molecule has 0 saturated heterocycles. The van der Waals surface area contributed by atoms with Gasteiger partial charge in [-0.3, -0.25) is 4.79 Å². The van der Waals surface area contributed by atoms with Crippen molar-refractivity contribution in [3.63, 3.8) is 0 Å². The number of hydrogen-bond acceptors (Lipinski definition) is 5. The van der Waals surface area contributed by atoms with Crippen LogP contribution in [0, 0.1) is 0 Å². The molecule has 0 rings (SSSR count). The highest BCUT2D eigenvalue weighted by Gasteiger charge is 2.48. The summed E-state index contributed by atoms with van der Waals surface area (Å²) in [6.45, 7) is -0.185. The number of carbonyl (C=O) groups is 2. The summed E-state index contributed by atoms with van der Waals surface area (Å²) in [5.41, 5.74) is -2.91. The van der Waals surface area contributed by atoms with Gasteiger partial charge in [0.2, 0.25) is 5.60 Å². The average molecular weight is 178 g/mol. The lowest BCUT2D eigenvalue weighted by Crippen LogP contribution is -2.56. The van der Waals surface area contributed by atoms with Crippen molar-refractivity contribution in [3.8, 4) is 0 Å². The molecule has 0 bridgehead atoms. The second kappa shape index (κ2) is 3.61. The van der Waals surface area contributed by atoms with Gasteiger partial charge in [-0.2, -0.15) is 0 Å². The van der Waals surface area contributed by atoms with Crippen molar-refractivity contribution in [1.29, 1.82) is 0 Å². The fourth-order valence-corrected chi connectivity index (χ4v) is 0.660. The van der Waals surface area contributed by atoms with E-state index < -0.39 is 30.1 Å². The molecule has 0 saturated carbocycles. The molecule has 70 valence electrons. The van der Waals surface area contributed by atoms with Gasteiger partial charge in [-0.15, -0.1) is 0 Å². The van der Waals surface area contributed by atoms with Gasteiger partial charge in [-0.25, -0.2) is 4.79 Å². The maximum absolute atomic E-state index is 10.6. The molecule has 2 atom stereocenters. The van der Waals surface area contributed by atoms with E-state index in [0.29, 0.717) is 0 Å². The predicted octanol–water partition coefficient (Wildman–Crippen LogP) is -2.26. The molecule has 0 heterocycles. The van der Waals surface area contributed by atoms with E-state index >= 15 is 0 Å². The fourth-order valence-electron chi connectivity index (χ4n) is 0.660. The summed E-state index contributed by atoms with van der Waals surface area (Å²) in [6, 6.07) is 0. The van der Waals surface area contributed by atoms with Gasteiger partial charge >= 0.3 is 5.97 Å². The van der Waals surface area contributed by atoms with E-state index in [1.165, 1.54) is 0 Å². The van der Waals surface area contributed by atoms with Crippen LogP contribution in [0.3, 0.4) is 0 Å². The molecule has 6 nitrogen and oxygen atoms in total. The zero-order valence-electron chi connectivity index (χ0n) is 6.39. The van der Waals surface area contributed by atoms with Crippen molar-refractivity contribution in [2.24, 2.45) is 0 Å². The van der Waals surface area contributed by atoms with Crippen LogP contribution >= 0.6 is 0 Å².